The molecule has 1 unspecified atom stereocenters. The van der Waals surface area contributed by atoms with Gasteiger partial charge < -0.3 is 15.0 Å². The van der Waals surface area contributed by atoms with Gasteiger partial charge in [0.25, 0.3) is 0 Å². The Morgan fingerprint density at radius 1 is 1.00 bits per heavy atom. The summed E-state index contributed by atoms with van der Waals surface area (Å²) in [6.45, 7) is 5.47. The van der Waals surface area contributed by atoms with Crippen LogP contribution in [0.15, 0.2) is 36.4 Å². The first-order chi connectivity index (χ1) is 14.8. The second-order valence-corrected chi connectivity index (χ2v) is 8.34. The Labute approximate surface area is 182 Å². The summed E-state index contributed by atoms with van der Waals surface area (Å²) in [6, 6.07) is 12.6. The summed E-state index contributed by atoms with van der Waals surface area (Å²) in [5.41, 5.74) is 1.83. The number of rotatable bonds is 12. The van der Waals surface area contributed by atoms with E-state index in [4.69, 9.17) is 4.74 Å². The summed E-state index contributed by atoms with van der Waals surface area (Å²) in [4.78, 5) is 2.37. The van der Waals surface area contributed by atoms with E-state index in [1.165, 1.54) is 57.8 Å². The molecular weight excluding hydrogens is 372 g/mol. The van der Waals surface area contributed by atoms with Gasteiger partial charge in [0.1, 0.15) is 5.75 Å². The minimum absolute atomic E-state index is 0.550. The van der Waals surface area contributed by atoms with Gasteiger partial charge in [-0.2, -0.15) is 0 Å². The maximum atomic E-state index is 5.45. The van der Waals surface area contributed by atoms with E-state index in [9.17, 15) is 0 Å². The Balaban J connectivity index is 1.45. The van der Waals surface area contributed by atoms with E-state index in [1.807, 2.05) is 24.3 Å². The van der Waals surface area contributed by atoms with Crippen molar-refractivity contribution in [3.63, 3.8) is 0 Å². The van der Waals surface area contributed by atoms with Gasteiger partial charge in [-0.3, -0.25) is 0 Å². The fraction of sp³-hybridized carbons (Fsp3) is 0.600. The molecule has 0 amide bonds. The Morgan fingerprint density at radius 3 is 2.57 bits per heavy atom. The lowest BCUT2D eigenvalue weighted by molar-refractivity contribution is 0.413. The first-order valence-corrected chi connectivity index (χ1v) is 11.8. The summed E-state index contributed by atoms with van der Waals surface area (Å²) in [7, 11) is 1.69. The highest BCUT2D eigenvalue weighted by Gasteiger charge is 2.21. The molecule has 0 radical (unpaired) electrons. The van der Waals surface area contributed by atoms with Gasteiger partial charge in [-0.15, -0.1) is 10.2 Å². The number of anilines is 1. The molecule has 164 valence electrons. The topological polar surface area (TPSA) is 50.3 Å². The largest absolute Gasteiger partial charge is 0.496 e. The fourth-order valence-corrected chi connectivity index (χ4v) is 4.23. The van der Waals surface area contributed by atoms with Gasteiger partial charge in [0.2, 0.25) is 0 Å². The Kier molecular flexibility index (Phi) is 9.42. The summed E-state index contributed by atoms with van der Waals surface area (Å²) < 4.78 is 5.45. The van der Waals surface area contributed by atoms with Crippen LogP contribution in [0.5, 0.6) is 5.75 Å². The van der Waals surface area contributed by atoms with Crippen molar-refractivity contribution in [1.82, 2.24) is 15.5 Å². The summed E-state index contributed by atoms with van der Waals surface area (Å²) in [5, 5.41) is 12.8. The van der Waals surface area contributed by atoms with E-state index in [0.29, 0.717) is 6.04 Å². The number of methoxy groups -OCH3 is 1. The fourth-order valence-electron chi connectivity index (χ4n) is 4.23. The van der Waals surface area contributed by atoms with Crippen LogP contribution in [0, 0.1) is 0 Å². The van der Waals surface area contributed by atoms with Crippen molar-refractivity contribution in [2.45, 2.75) is 70.8 Å². The molecule has 2 heterocycles. The lowest BCUT2D eigenvalue weighted by Crippen LogP contribution is -2.46. The molecule has 1 N–H and O–H groups in total. The number of unbranched alkanes of at least 4 members (excludes halogenated alkanes) is 6. The molecule has 1 aromatic carbocycles. The monoisotopic (exact) mass is 410 g/mol. The quantitative estimate of drug-likeness (QED) is 0.471. The van der Waals surface area contributed by atoms with Gasteiger partial charge in [0, 0.05) is 24.7 Å². The molecule has 0 spiro atoms. The van der Waals surface area contributed by atoms with Gasteiger partial charge >= 0.3 is 0 Å². The number of hydrogen-bond acceptors (Lipinski definition) is 5. The van der Waals surface area contributed by atoms with Crippen LogP contribution in [-0.2, 0) is 0 Å². The summed E-state index contributed by atoms with van der Waals surface area (Å²) >= 11 is 0. The van der Waals surface area contributed by atoms with Crippen LogP contribution in [0.2, 0.25) is 0 Å². The summed E-state index contributed by atoms with van der Waals surface area (Å²) in [5.74, 6) is 1.79. The molecule has 5 heteroatoms. The number of aromatic nitrogens is 2. The molecule has 2 aromatic rings. The maximum Gasteiger partial charge on any atom is 0.151 e. The Hall–Kier alpha value is -2.14. The molecule has 1 aliphatic rings. The lowest BCUT2D eigenvalue weighted by Gasteiger charge is -2.34. The SMILES string of the molecule is CCCCCCCCCNC1CCCN(c2ccc(-c3ccccc3OC)nn2)C1. The smallest absolute Gasteiger partial charge is 0.151 e. The van der Waals surface area contributed by atoms with Crippen molar-refractivity contribution >= 4 is 5.82 Å². The zero-order valence-electron chi connectivity index (χ0n) is 18.8. The second-order valence-electron chi connectivity index (χ2n) is 8.34. The molecule has 1 aromatic heterocycles. The van der Waals surface area contributed by atoms with Crippen molar-refractivity contribution in [2.24, 2.45) is 0 Å². The number of nitrogens with one attached hydrogen (secondary N) is 1. The van der Waals surface area contributed by atoms with E-state index in [-0.39, 0.29) is 0 Å². The Morgan fingerprint density at radius 2 is 1.80 bits per heavy atom. The molecule has 30 heavy (non-hydrogen) atoms. The van der Waals surface area contributed by atoms with Gasteiger partial charge in [0.15, 0.2) is 5.82 Å². The number of piperidine rings is 1. The van der Waals surface area contributed by atoms with Crippen LogP contribution in [0.3, 0.4) is 0 Å². The first-order valence-electron chi connectivity index (χ1n) is 11.8. The van der Waals surface area contributed by atoms with Crippen molar-refractivity contribution in [1.29, 1.82) is 0 Å². The van der Waals surface area contributed by atoms with Crippen molar-refractivity contribution in [2.75, 3.05) is 31.6 Å². The third-order valence-electron chi connectivity index (χ3n) is 5.99. The van der Waals surface area contributed by atoms with Crippen LogP contribution < -0.4 is 15.0 Å². The number of para-hydroxylation sites is 1. The zero-order chi connectivity index (χ0) is 21.0. The number of ether oxygens (including phenoxy) is 1. The molecule has 5 nitrogen and oxygen atoms in total. The van der Waals surface area contributed by atoms with Gasteiger partial charge in [-0.1, -0.05) is 57.6 Å². The summed E-state index contributed by atoms with van der Waals surface area (Å²) in [6.07, 6.45) is 12.0. The molecule has 0 aliphatic carbocycles. The predicted molar refractivity (Wildman–Crippen MR) is 125 cm³/mol. The highest BCUT2D eigenvalue weighted by molar-refractivity contribution is 5.67. The van der Waals surface area contributed by atoms with Crippen LogP contribution in [0.4, 0.5) is 5.82 Å². The van der Waals surface area contributed by atoms with Gasteiger partial charge in [0.05, 0.1) is 12.8 Å². The minimum atomic E-state index is 0.550. The van der Waals surface area contributed by atoms with E-state index in [1.54, 1.807) is 7.11 Å². The Bertz CT molecular complexity index is 734. The average Bonchev–Trinajstić information content (AvgIpc) is 2.81. The third kappa shape index (κ3) is 6.69. The molecule has 1 saturated heterocycles. The second kappa shape index (κ2) is 12.5. The molecule has 1 atom stereocenters. The van der Waals surface area contributed by atoms with Crippen LogP contribution in [0.1, 0.15) is 64.7 Å². The number of benzene rings is 1. The molecular formula is C25H38N4O. The maximum absolute atomic E-state index is 5.45. The molecule has 0 saturated carbocycles. The molecule has 3 rings (SSSR count). The minimum Gasteiger partial charge on any atom is -0.496 e. The molecule has 1 fully saturated rings. The van der Waals surface area contributed by atoms with Crippen LogP contribution >= 0.6 is 0 Å². The average molecular weight is 411 g/mol. The van der Waals surface area contributed by atoms with E-state index >= 15 is 0 Å². The molecule has 1 aliphatic heterocycles. The molecule has 0 bridgehead atoms. The van der Waals surface area contributed by atoms with E-state index in [2.05, 4.69) is 39.5 Å². The van der Waals surface area contributed by atoms with Gasteiger partial charge in [-0.25, -0.2) is 0 Å². The van der Waals surface area contributed by atoms with Crippen molar-refractivity contribution in [3.05, 3.63) is 36.4 Å². The van der Waals surface area contributed by atoms with Crippen molar-refractivity contribution in [3.8, 4) is 17.0 Å². The standard InChI is InChI=1S/C25H38N4O/c1-3-4-5-6-7-8-11-18-26-21-13-12-19-29(20-21)25-17-16-23(27-28-25)22-14-9-10-15-24(22)30-2/h9-10,14-17,21,26H,3-8,11-13,18-20H2,1-2H3. The van der Waals surface area contributed by atoms with Crippen molar-refractivity contribution < 1.29 is 4.74 Å². The highest BCUT2D eigenvalue weighted by atomic mass is 16.5. The normalized spacial score (nSPS) is 16.6. The van der Waals surface area contributed by atoms with E-state index in [0.717, 1.165) is 42.5 Å². The number of hydrogen-bond donors (Lipinski definition) is 1. The van der Waals surface area contributed by atoms with Crippen LogP contribution in [0.25, 0.3) is 11.3 Å². The number of nitrogens with zero attached hydrogens (tertiary/aromatic N) is 3. The zero-order valence-corrected chi connectivity index (χ0v) is 18.8. The third-order valence-corrected chi connectivity index (χ3v) is 5.99. The van der Waals surface area contributed by atoms with Gasteiger partial charge in [-0.05, 0) is 50.1 Å². The highest BCUT2D eigenvalue weighted by Crippen LogP contribution is 2.28. The van der Waals surface area contributed by atoms with E-state index < -0.39 is 0 Å². The predicted octanol–water partition coefficient (Wildman–Crippen LogP) is 5.46. The van der Waals surface area contributed by atoms with Crippen LogP contribution in [-0.4, -0.2) is 43.0 Å². The lowest BCUT2D eigenvalue weighted by atomic mass is 10.0. The first kappa shape index (κ1) is 22.5.